The predicted octanol–water partition coefficient (Wildman–Crippen LogP) is 2.10. The van der Waals surface area contributed by atoms with Crippen molar-refractivity contribution in [3.63, 3.8) is 0 Å². The molecule has 0 rings (SSSR count). The van der Waals surface area contributed by atoms with E-state index in [4.69, 9.17) is 5.11 Å². The van der Waals surface area contributed by atoms with Crippen LogP contribution in [0.25, 0.3) is 0 Å². The van der Waals surface area contributed by atoms with Crippen molar-refractivity contribution in [2.24, 2.45) is 0 Å². The van der Waals surface area contributed by atoms with E-state index in [1.54, 1.807) is 6.92 Å². The predicted molar refractivity (Wildman–Crippen MR) is 63.1 cm³/mol. The van der Waals surface area contributed by atoms with E-state index in [0.717, 1.165) is 6.42 Å². The lowest BCUT2D eigenvalue weighted by Gasteiger charge is -2.25. The van der Waals surface area contributed by atoms with Crippen LogP contribution in [0, 0.1) is 0 Å². The summed E-state index contributed by atoms with van der Waals surface area (Å²) >= 11 is 0. The molecule has 1 amide bonds. The average molecular weight is 227 g/mol. The molecule has 0 aliphatic carbocycles. The Morgan fingerprint density at radius 3 is 2.38 bits per heavy atom. The van der Waals surface area contributed by atoms with Crippen molar-refractivity contribution >= 4 is 11.9 Å². The summed E-state index contributed by atoms with van der Waals surface area (Å²) in [5.41, 5.74) is 0.184. The molecule has 0 atom stereocenters. The summed E-state index contributed by atoms with van der Waals surface area (Å²) < 4.78 is 0. The number of hydrogen-bond donors (Lipinski definition) is 2. The highest BCUT2D eigenvalue weighted by atomic mass is 16.4. The number of allylic oxidation sites excluding steroid dienone is 1. The first-order valence-corrected chi connectivity index (χ1v) is 5.49. The number of carboxylic acid groups (broad SMARTS) is 1. The molecule has 4 nitrogen and oxygen atoms in total. The van der Waals surface area contributed by atoms with Gasteiger partial charge in [0, 0.05) is 17.5 Å². The summed E-state index contributed by atoms with van der Waals surface area (Å²) in [6, 6.07) is 0. The Morgan fingerprint density at radius 1 is 1.38 bits per heavy atom. The second-order valence-corrected chi connectivity index (χ2v) is 4.53. The third-order valence-electron chi connectivity index (χ3n) is 2.28. The summed E-state index contributed by atoms with van der Waals surface area (Å²) in [7, 11) is 0. The minimum Gasteiger partial charge on any atom is -0.481 e. The van der Waals surface area contributed by atoms with Crippen molar-refractivity contribution in [1.82, 2.24) is 5.32 Å². The molecule has 4 heteroatoms. The van der Waals surface area contributed by atoms with Crippen LogP contribution in [-0.2, 0) is 9.59 Å². The Balaban J connectivity index is 4.30. The molecule has 2 N–H and O–H groups in total. The summed E-state index contributed by atoms with van der Waals surface area (Å²) in [6.07, 6.45) is 3.15. The molecule has 0 fully saturated rings. The minimum atomic E-state index is -0.844. The van der Waals surface area contributed by atoms with Gasteiger partial charge in [0.25, 0.3) is 0 Å². The normalized spacial score (nSPS) is 12.4. The smallest absolute Gasteiger partial charge is 0.303 e. The van der Waals surface area contributed by atoms with Crippen LogP contribution in [0.15, 0.2) is 11.6 Å². The quantitative estimate of drug-likeness (QED) is 0.683. The number of nitrogens with one attached hydrogen (secondary N) is 1. The number of carbonyl (C=O) groups excluding carboxylic acids is 1. The van der Waals surface area contributed by atoms with Crippen LogP contribution in [0.5, 0.6) is 0 Å². The van der Waals surface area contributed by atoms with E-state index in [9.17, 15) is 9.59 Å². The Kier molecular flexibility index (Phi) is 5.78. The molecule has 0 saturated carbocycles. The lowest BCUT2D eigenvalue weighted by Crippen LogP contribution is -2.44. The molecule has 0 aromatic heterocycles. The minimum absolute atomic E-state index is 0.0593. The molecular formula is C12H21NO3. The first-order valence-electron chi connectivity index (χ1n) is 5.49. The van der Waals surface area contributed by atoms with Crippen LogP contribution in [0.4, 0.5) is 0 Å². The zero-order valence-corrected chi connectivity index (χ0v) is 10.5. The summed E-state index contributed by atoms with van der Waals surface area (Å²) in [6.45, 7) is 7.37. The number of aliphatic carboxylic acids is 1. The van der Waals surface area contributed by atoms with Gasteiger partial charge in [-0.15, -0.1) is 0 Å². The van der Waals surface area contributed by atoms with Crippen molar-refractivity contribution in [3.8, 4) is 0 Å². The zero-order chi connectivity index (χ0) is 12.8. The SMILES string of the molecule is CC/C=C(\C)C(=O)NC(C)(C)CCC(=O)O. The summed E-state index contributed by atoms with van der Waals surface area (Å²) in [4.78, 5) is 22.1. The Morgan fingerprint density at radius 2 is 1.94 bits per heavy atom. The van der Waals surface area contributed by atoms with E-state index in [1.807, 2.05) is 26.8 Å². The second kappa shape index (κ2) is 6.30. The number of carbonyl (C=O) groups is 2. The number of amides is 1. The van der Waals surface area contributed by atoms with Crippen LogP contribution < -0.4 is 5.32 Å². The van der Waals surface area contributed by atoms with Gasteiger partial charge >= 0.3 is 5.97 Å². The molecule has 0 aromatic rings. The number of carboxylic acids is 1. The van der Waals surface area contributed by atoms with Gasteiger partial charge < -0.3 is 10.4 Å². The molecule has 0 aromatic carbocycles. The van der Waals surface area contributed by atoms with E-state index in [1.165, 1.54) is 0 Å². The molecule has 92 valence electrons. The molecule has 0 saturated heterocycles. The first-order chi connectivity index (χ1) is 7.28. The van der Waals surface area contributed by atoms with E-state index in [-0.39, 0.29) is 12.3 Å². The maximum absolute atomic E-state index is 11.7. The maximum atomic E-state index is 11.7. The fourth-order valence-corrected chi connectivity index (χ4v) is 1.29. The summed E-state index contributed by atoms with van der Waals surface area (Å²) in [5, 5.41) is 11.4. The molecule has 0 unspecified atom stereocenters. The van der Waals surface area contributed by atoms with Gasteiger partial charge in [-0.25, -0.2) is 0 Å². The van der Waals surface area contributed by atoms with Gasteiger partial charge in [0.2, 0.25) is 5.91 Å². The van der Waals surface area contributed by atoms with E-state index in [0.29, 0.717) is 12.0 Å². The monoisotopic (exact) mass is 227 g/mol. The lowest BCUT2D eigenvalue weighted by atomic mass is 9.98. The molecule has 0 bridgehead atoms. The van der Waals surface area contributed by atoms with Gasteiger partial charge in [0.15, 0.2) is 0 Å². The molecule has 0 heterocycles. The average Bonchev–Trinajstić information content (AvgIpc) is 2.14. The van der Waals surface area contributed by atoms with Crippen LogP contribution in [0.1, 0.15) is 47.0 Å². The van der Waals surface area contributed by atoms with Gasteiger partial charge in [-0.2, -0.15) is 0 Å². The standard InChI is InChI=1S/C12H21NO3/c1-5-6-9(2)11(16)13-12(3,4)8-7-10(14)15/h6H,5,7-8H2,1-4H3,(H,13,16)(H,14,15)/b9-6+. The molecule has 0 aliphatic rings. The largest absolute Gasteiger partial charge is 0.481 e. The van der Waals surface area contributed by atoms with E-state index in [2.05, 4.69) is 5.32 Å². The first kappa shape index (κ1) is 14.7. The molecular weight excluding hydrogens is 206 g/mol. The highest BCUT2D eigenvalue weighted by molar-refractivity contribution is 5.93. The van der Waals surface area contributed by atoms with Gasteiger partial charge in [-0.3, -0.25) is 9.59 Å². The van der Waals surface area contributed by atoms with Crippen LogP contribution in [0.3, 0.4) is 0 Å². The third-order valence-corrected chi connectivity index (χ3v) is 2.28. The Bertz CT molecular complexity index is 293. The van der Waals surface area contributed by atoms with Crippen molar-refractivity contribution in [2.75, 3.05) is 0 Å². The third kappa shape index (κ3) is 6.22. The van der Waals surface area contributed by atoms with Crippen LogP contribution in [-0.4, -0.2) is 22.5 Å². The maximum Gasteiger partial charge on any atom is 0.303 e. The van der Waals surface area contributed by atoms with Crippen molar-refractivity contribution in [2.45, 2.75) is 52.5 Å². The van der Waals surface area contributed by atoms with E-state index < -0.39 is 11.5 Å². The number of rotatable bonds is 6. The van der Waals surface area contributed by atoms with E-state index >= 15 is 0 Å². The molecule has 16 heavy (non-hydrogen) atoms. The van der Waals surface area contributed by atoms with Crippen LogP contribution >= 0.6 is 0 Å². The van der Waals surface area contributed by atoms with Crippen LogP contribution in [0.2, 0.25) is 0 Å². The fourth-order valence-electron chi connectivity index (χ4n) is 1.29. The highest BCUT2D eigenvalue weighted by Gasteiger charge is 2.21. The zero-order valence-electron chi connectivity index (χ0n) is 10.5. The summed E-state index contributed by atoms with van der Waals surface area (Å²) in [5.74, 6) is -0.972. The van der Waals surface area contributed by atoms with Gasteiger partial charge in [-0.05, 0) is 33.6 Å². The topological polar surface area (TPSA) is 66.4 Å². The van der Waals surface area contributed by atoms with Crippen molar-refractivity contribution in [1.29, 1.82) is 0 Å². The van der Waals surface area contributed by atoms with Gasteiger partial charge in [0.1, 0.15) is 0 Å². The van der Waals surface area contributed by atoms with Crippen molar-refractivity contribution in [3.05, 3.63) is 11.6 Å². The molecule has 0 radical (unpaired) electrons. The van der Waals surface area contributed by atoms with Gasteiger partial charge in [0.05, 0.1) is 0 Å². The highest BCUT2D eigenvalue weighted by Crippen LogP contribution is 2.12. The fraction of sp³-hybridized carbons (Fsp3) is 0.667. The molecule has 0 aliphatic heterocycles. The van der Waals surface area contributed by atoms with Crippen molar-refractivity contribution < 1.29 is 14.7 Å². The second-order valence-electron chi connectivity index (χ2n) is 4.53. The van der Waals surface area contributed by atoms with Gasteiger partial charge in [-0.1, -0.05) is 13.0 Å². The lowest BCUT2D eigenvalue weighted by molar-refractivity contribution is -0.137. The molecule has 0 spiro atoms. The Labute approximate surface area is 96.7 Å². The Hall–Kier alpha value is -1.32. The number of hydrogen-bond acceptors (Lipinski definition) is 2.